The van der Waals surface area contributed by atoms with Gasteiger partial charge in [-0.3, -0.25) is 4.79 Å². The first-order chi connectivity index (χ1) is 6.65. The molecule has 84 valence electrons. The third-order valence-corrected chi connectivity index (χ3v) is 3.16. The zero-order valence-corrected chi connectivity index (χ0v) is 9.75. The summed E-state index contributed by atoms with van der Waals surface area (Å²) in [5.41, 5.74) is 0. The Balaban J connectivity index is 3.65. The van der Waals surface area contributed by atoms with E-state index in [1.165, 1.54) is 19.3 Å². The van der Waals surface area contributed by atoms with Gasteiger partial charge in [0.05, 0.1) is 5.92 Å². The Hall–Kier alpha value is -0.530. The Kier molecular flexibility index (Phi) is 7.54. The highest BCUT2D eigenvalue weighted by molar-refractivity contribution is 5.69. The minimum Gasteiger partial charge on any atom is -0.481 e. The Bertz CT molecular complexity index is 150. The van der Waals surface area contributed by atoms with Crippen molar-refractivity contribution in [1.82, 2.24) is 0 Å². The van der Waals surface area contributed by atoms with Crippen molar-refractivity contribution in [2.24, 2.45) is 11.8 Å². The van der Waals surface area contributed by atoms with Crippen LogP contribution in [-0.2, 0) is 4.79 Å². The number of hydrogen-bond donors (Lipinski definition) is 1. The first kappa shape index (κ1) is 13.5. The molecule has 0 saturated heterocycles. The van der Waals surface area contributed by atoms with Crippen LogP contribution in [0.4, 0.5) is 0 Å². The van der Waals surface area contributed by atoms with E-state index in [-0.39, 0.29) is 5.92 Å². The molecule has 0 radical (unpaired) electrons. The summed E-state index contributed by atoms with van der Waals surface area (Å²) < 4.78 is 0. The van der Waals surface area contributed by atoms with E-state index in [9.17, 15) is 4.79 Å². The van der Waals surface area contributed by atoms with Crippen molar-refractivity contribution < 1.29 is 9.90 Å². The van der Waals surface area contributed by atoms with E-state index in [1.807, 2.05) is 6.92 Å². The van der Waals surface area contributed by atoms with Crippen LogP contribution in [0.1, 0.15) is 59.3 Å². The lowest BCUT2D eigenvalue weighted by Crippen LogP contribution is -2.12. The molecule has 2 heteroatoms. The van der Waals surface area contributed by atoms with Crippen molar-refractivity contribution in [2.45, 2.75) is 59.3 Å². The molecule has 0 aromatic rings. The molecule has 14 heavy (non-hydrogen) atoms. The van der Waals surface area contributed by atoms with Gasteiger partial charge in [-0.15, -0.1) is 0 Å². The van der Waals surface area contributed by atoms with Crippen molar-refractivity contribution in [2.75, 3.05) is 0 Å². The zero-order valence-electron chi connectivity index (χ0n) is 9.75. The lowest BCUT2D eigenvalue weighted by atomic mass is 9.92. The topological polar surface area (TPSA) is 37.3 Å². The maximum absolute atomic E-state index is 10.7. The molecular weight excluding hydrogens is 176 g/mol. The second-order valence-corrected chi connectivity index (χ2v) is 4.06. The van der Waals surface area contributed by atoms with Gasteiger partial charge in [0, 0.05) is 0 Å². The SMILES string of the molecule is CCC(CC)CCCC(CC)C(=O)O. The van der Waals surface area contributed by atoms with Crippen LogP contribution in [0.2, 0.25) is 0 Å². The standard InChI is InChI=1S/C12H24O2/c1-4-10(5-2)8-7-9-11(6-3)12(13)14/h10-11H,4-9H2,1-3H3,(H,13,14). The van der Waals surface area contributed by atoms with Crippen LogP contribution < -0.4 is 0 Å². The Morgan fingerprint density at radius 2 is 1.64 bits per heavy atom. The van der Waals surface area contributed by atoms with Crippen LogP contribution in [0.15, 0.2) is 0 Å². The zero-order chi connectivity index (χ0) is 11.0. The van der Waals surface area contributed by atoms with Crippen molar-refractivity contribution in [3.05, 3.63) is 0 Å². The third kappa shape index (κ3) is 5.25. The molecule has 0 spiro atoms. The molecule has 0 aliphatic rings. The van der Waals surface area contributed by atoms with Crippen LogP contribution in [0.25, 0.3) is 0 Å². The summed E-state index contributed by atoms with van der Waals surface area (Å²) in [4.78, 5) is 10.7. The van der Waals surface area contributed by atoms with Crippen LogP contribution in [0.5, 0.6) is 0 Å². The Labute approximate surface area is 87.7 Å². The Morgan fingerprint density at radius 1 is 1.07 bits per heavy atom. The fourth-order valence-electron chi connectivity index (χ4n) is 1.85. The van der Waals surface area contributed by atoms with Gasteiger partial charge < -0.3 is 5.11 Å². The van der Waals surface area contributed by atoms with Crippen molar-refractivity contribution in [3.63, 3.8) is 0 Å². The molecule has 0 bridgehead atoms. The van der Waals surface area contributed by atoms with Gasteiger partial charge in [-0.2, -0.15) is 0 Å². The lowest BCUT2D eigenvalue weighted by Gasteiger charge is -2.13. The fraction of sp³-hybridized carbons (Fsp3) is 0.917. The third-order valence-electron chi connectivity index (χ3n) is 3.16. The summed E-state index contributed by atoms with van der Waals surface area (Å²) in [6, 6.07) is 0. The van der Waals surface area contributed by atoms with E-state index in [0.717, 1.165) is 25.2 Å². The molecule has 0 rings (SSSR count). The molecule has 0 heterocycles. The molecule has 0 aliphatic carbocycles. The van der Waals surface area contributed by atoms with Crippen LogP contribution in [0.3, 0.4) is 0 Å². The van der Waals surface area contributed by atoms with Gasteiger partial charge in [0.15, 0.2) is 0 Å². The molecule has 0 amide bonds. The average Bonchev–Trinajstić information content (AvgIpc) is 2.18. The first-order valence-electron chi connectivity index (χ1n) is 5.88. The smallest absolute Gasteiger partial charge is 0.306 e. The van der Waals surface area contributed by atoms with E-state index in [4.69, 9.17) is 5.11 Å². The number of aliphatic carboxylic acids is 1. The van der Waals surface area contributed by atoms with Gasteiger partial charge in [-0.05, 0) is 18.8 Å². The maximum Gasteiger partial charge on any atom is 0.306 e. The van der Waals surface area contributed by atoms with E-state index in [1.54, 1.807) is 0 Å². The van der Waals surface area contributed by atoms with E-state index < -0.39 is 5.97 Å². The number of carboxylic acids is 1. The molecule has 0 saturated carbocycles. The largest absolute Gasteiger partial charge is 0.481 e. The lowest BCUT2D eigenvalue weighted by molar-refractivity contribution is -0.142. The summed E-state index contributed by atoms with van der Waals surface area (Å²) in [6.07, 6.45) is 6.31. The second-order valence-electron chi connectivity index (χ2n) is 4.06. The maximum atomic E-state index is 10.7. The molecule has 0 fully saturated rings. The summed E-state index contributed by atoms with van der Waals surface area (Å²) in [5.74, 6) is 0.0442. The molecule has 0 aromatic heterocycles. The number of rotatable bonds is 8. The van der Waals surface area contributed by atoms with E-state index in [0.29, 0.717) is 0 Å². The molecule has 2 nitrogen and oxygen atoms in total. The monoisotopic (exact) mass is 200 g/mol. The van der Waals surface area contributed by atoms with Crippen molar-refractivity contribution in [1.29, 1.82) is 0 Å². The van der Waals surface area contributed by atoms with Crippen LogP contribution in [0, 0.1) is 11.8 Å². The minimum absolute atomic E-state index is 0.121. The first-order valence-corrected chi connectivity index (χ1v) is 5.88. The van der Waals surface area contributed by atoms with Gasteiger partial charge in [-0.25, -0.2) is 0 Å². The quantitative estimate of drug-likeness (QED) is 0.648. The van der Waals surface area contributed by atoms with Gasteiger partial charge in [0.25, 0.3) is 0 Å². The number of carboxylic acid groups (broad SMARTS) is 1. The normalized spacial score (nSPS) is 13.1. The number of carbonyl (C=O) groups is 1. The van der Waals surface area contributed by atoms with Gasteiger partial charge >= 0.3 is 5.97 Å². The molecule has 0 aromatic carbocycles. The van der Waals surface area contributed by atoms with E-state index >= 15 is 0 Å². The molecule has 1 N–H and O–H groups in total. The van der Waals surface area contributed by atoms with Gasteiger partial charge in [0.2, 0.25) is 0 Å². The molecule has 1 unspecified atom stereocenters. The highest BCUT2D eigenvalue weighted by Crippen LogP contribution is 2.19. The fourth-order valence-corrected chi connectivity index (χ4v) is 1.85. The van der Waals surface area contributed by atoms with Crippen molar-refractivity contribution in [3.8, 4) is 0 Å². The average molecular weight is 200 g/mol. The molecular formula is C12H24O2. The highest BCUT2D eigenvalue weighted by atomic mass is 16.4. The van der Waals surface area contributed by atoms with Gasteiger partial charge in [0.1, 0.15) is 0 Å². The second kappa shape index (κ2) is 7.84. The number of hydrogen-bond acceptors (Lipinski definition) is 1. The van der Waals surface area contributed by atoms with Crippen LogP contribution >= 0.6 is 0 Å². The van der Waals surface area contributed by atoms with Crippen LogP contribution in [-0.4, -0.2) is 11.1 Å². The molecule has 1 atom stereocenters. The summed E-state index contributed by atoms with van der Waals surface area (Å²) >= 11 is 0. The van der Waals surface area contributed by atoms with Crippen molar-refractivity contribution >= 4 is 5.97 Å². The predicted molar refractivity (Wildman–Crippen MR) is 59.3 cm³/mol. The minimum atomic E-state index is -0.628. The summed E-state index contributed by atoms with van der Waals surface area (Å²) in [6.45, 7) is 6.38. The highest BCUT2D eigenvalue weighted by Gasteiger charge is 2.14. The van der Waals surface area contributed by atoms with E-state index in [2.05, 4.69) is 13.8 Å². The summed E-state index contributed by atoms with van der Waals surface area (Å²) in [5, 5.41) is 8.85. The summed E-state index contributed by atoms with van der Waals surface area (Å²) in [7, 11) is 0. The van der Waals surface area contributed by atoms with Gasteiger partial charge in [-0.1, -0.05) is 46.5 Å². The molecule has 0 aliphatic heterocycles. The predicted octanol–water partition coefficient (Wildman–Crippen LogP) is 3.70. The Morgan fingerprint density at radius 3 is 2.00 bits per heavy atom.